The van der Waals surface area contributed by atoms with E-state index in [-0.39, 0.29) is 71.0 Å². The minimum absolute atomic E-state index is 0. The molecule has 4 aliphatic carbocycles. The third kappa shape index (κ3) is 5.99. The van der Waals surface area contributed by atoms with Crippen LogP contribution in [0.3, 0.4) is 0 Å². The molecule has 0 saturated heterocycles. The van der Waals surface area contributed by atoms with Gasteiger partial charge in [0.15, 0.2) is 0 Å². The van der Waals surface area contributed by atoms with Gasteiger partial charge in [0.05, 0.1) is 28.1 Å². The maximum atomic E-state index is 12.2. The van der Waals surface area contributed by atoms with Gasteiger partial charge in [-0.15, -0.1) is 0 Å². The van der Waals surface area contributed by atoms with Crippen LogP contribution in [-0.4, -0.2) is 53.6 Å². The summed E-state index contributed by atoms with van der Waals surface area (Å²) < 4.78 is 32.2. The van der Waals surface area contributed by atoms with Gasteiger partial charge in [0.1, 0.15) is 0 Å². The monoisotopic (exact) mass is 521 g/mol. The Morgan fingerprint density at radius 1 is 1.03 bits per heavy atom. The maximum absolute atomic E-state index is 12.2. The molecule has 0 aromatic rings. The molecule has 3 N–H and O–H groups in total. The first-order valence-electron chi connectivity index (χ1n) is 13.4. The second-order valence-electron chi connectivity index (χ2n) is 12.6. The van der Waals surface area contributed by atoms with Crippen molar-refractivity contribution in [2.45, 2.75) is 97.2 Å². The molecule has 0 aromatic heterocycles. The molecule has 9 heteroatoms. The van der Waals surface area contributed by atoms with Crippen molar-refractivity contribution < 1.29 is 57.5 Å². The minimum atomic E-state index is -4.31. The molecule has 0 bridgehead atoms. The smallest absolute Gasteiger partial charge is 0.748 e. The predicted octanol–water partition coefficient (Wildman–Crippen LogP) is 0.0587. The number of fused-ring (bicyclic) bond motifs is 5. The van der Waals surface area contributed by atoms with Crippen LogP contribution in [0.1, 0.15) is 85.0 Å². The van der Waals surface area contributed by atoms with Crippen molar-refractivity contribution in [1.82, 2.24) is 5.32 Å². The van der Waals surface area contributed by atoms with Crippen LogP contribution in [0, 0.1) is 46.3 Å². The zero-order valence-electron chi connectivity index (χ0n) is 22.0. The Kier molecular flexibility index (Phi) is 9.54. The number of aliphatic hydroxyl groups is 2. The van der Waals surface area contributed by atoms with E-state index < -0.39 is 15.9 Å². The van der Waals surface area contributed by atoms with Crippen LogP contribution < -0.4 is 34.9 Å². The average molecular weight is 522 g/mol. The summed E-state index contributed by atoms with van der Waals surface area (Å²) in [7, 11) is -4.31. The van der Waals surface area contributed by atoms with Gasteiger partial charge in [0, 0.05) is 13.0 Å². The zero-order valence-corrected chi connectivity index (χ0v) is 24.9. The first-order valence-corrected chi connectivity index (χ1v) is 15.0. The Balaban J connectivity index is 0.00000342. The molecular weight excluding hydrogens is 477 g/mol. The molecule has 0 aliphatic heterocycles. The van der Waals surface area contributed by atoms with Gasteiger partial charge in [-0.3, -0.25) is 4.79 Å². The van der Waals surface area contributed by atoms with Gasteiger partial charge < -0.3 is 20.1 Å². The third-order valence-electron chi connectivity index (χ3n) is 10.9. The fourth-order valence-corrected chi connectivity index (χ4v) is 9.57. The summed E-state index contributed by atoms with van der Waals surface area (Å²) in [6.45, 7) is 6.96. The number of carbonyl (C=O) groups excluding carboxylic acids is 1. The van der Waals surface area contributed by atoms with E-state index in [0.717, 1.165) is 38.5 Å². The molecule has 0 spiro atoms. The largest absolute Gasteiger partial charge is 1.00 e. The van der Waals surface area contributed by atoms with E-state index in [1.807, 2.05) is 0 Å². The number of carbonyl (C=O) groups is 1. The van der Waals surface area contributed by atoms with Crippen molar-refractivity contribution in [3.05, 3.63) is 0 Å². The number of hydrogen-bond acceptors (Lipinski definition) is 6. The fraction of sp³-hybridized carbons (Fsp3) is 0.962. The Labute approximate surface area is 233 Å². The van der Waals surface area contributed by atoms with E-state index in [0.29, 0.717) is 36.0 Å². The molecule has 4 fully saturated rings. The Morgan fingerprint density at radius 3 is 2.37 bits per heavy atom. The second-order valence-corrected chi connectivity index (χ2v) is 14.1. The molecule has 0 aromatic carbocycles. The molecule has 7 nitrogen and oxygen atoms in total. The van der Waals surface area contributed by atoms with Gasteiger partial charge in [-0.25, -0.2) is 8.42 Å². The zero-order chi connectivity index (χ0) is 24.9. The van der Waals surface area contributed by atoms with Crippen molar-refractivity contribution in [1.29, 1.82) is 0 Å². The fourth-order valence-electron chi connectivity index (χ4n) is 9.22. The Hall–Kier alpha value is 0.300. The van der Waals surface area contributed by atoms with E-state index >= 15 is 0 Å². The van der Waals surface area contributed by atoms with E-state index in [1.54, 1.807) is 0 Å². The molecule has 196 valence electrons. The van der Waals surface area contributed by atoms with Crippen LogP contribution in [0.2, 0.25) is 0 Å². The molecule has 0 heterocycles. The van der Waals surface area contributed by atoms with Crippen LogP contribution in [0.4, 0.5) is 0 Å². The number of amides is 1. The van der Waals surface area contributed by atoms with Gasteiger partial charge >= 0.3 is 29.6 Å². The van der Waals surface area contributed by atoms with Crippen molar-refractivity contribution in [3.8, 4) is 0 Å². The molecular formula is C26H44NNaO6S. The number of rotatable bonds is 7. The molecule has 8 unspecified atom stereocenters. The van der Waals surface area contributed by atoms with Crippen molar-refractivity contribution in [3.63, 3.8) is 0 Å². The summed E-state index contributed by atoms with van der Waals surface area (Å²) in [4.78, 5) is 12.2. The molecule has 4 saturated carbocycles. The summed E-state index contributed by atoms with van der Waals surface area (Å²) >= 11 is 0. The van der Waals surface area contributed by atoms with Crippen LogP contribution in [0.5, 0.6) is 0 Å². The number of nitrogens with one attached hydrogen (secondary N) is 1. The molecule has 10 atom stereocenters. The Bertz CT molecular complexity index is 870. The van der Waals surface area contributed by atoms with Crippen LogP contribution in [0.25, 0.3) is 0 Å². The molecule has 4 rings (SSSR count). The maximum Gasteiger partial charge on any atom is 1.00 e. The van der Waals surface area contributed by atoms with Gasteiger partial charge in [-0.05, 0) is 104 Å². The number of hydrogen-bond donors (Lipinski definition) is 3. The van der Waals surface area contributed by atoms with E-state index in [4.69, 9.17) is 0 Å². The van der Waals surface area contributed by atoms with Crippen LogP contribution >= 0.6 is 0 Å². The minimum Gasteiger partial charge on any atom is -0.748 e. The first-order chi connectivity index (χ1) is 15.8. The van der Waals surface area contributed by atoms with Crippen molar-refractivity contribution in [2.75, 3.05) is 12.3 Å². The second kappa shape index (κ2) is 11.2. The molecule has 4 aliphatic rings. The standard InChI is InChI=1S/C26H45NO6S.Na/c1-16(4-7-24(30)27-12-13-34(31,32)33)19-5-6-20-18-15-23(29)22-14-17(28)8-10-26(22,3)21(18)9-11-25(19,20)2;/h16-23,28-29H,4-15H2,1-3H3,(H,27,30)(H,31,32,33);/q;+1/p-1/t16?,17?,18?,19?,20?,21?,22?,23?,25-,26-;/m1./s1. The first kappa shape index (κ1) is 29.9. The van der Waals surface area contributed by atoms with E-state index in [9.17, 15) is 28.0 Å². The van der Waals surface area contributed by atoms with Crippen molar-refractivity contribution >= 4 is 16.0 Å². The third-order valence-corrected chi connectivity index (χ3v) is 11.6. The summed E-state index contributed by atoms with van der Waals surface area (Å²) in [5.74, 6) is 2.17. The van der Waals surface area contributed by atoms with Crippen LogP contribution in [-0.2, 0) is 14.9 Å². The number of aliphatic hydroxyl groups excluding tert-OH is 2. The summed E-state index contributed by atoms with van der Waals surface area (Å²) in [6, 6.07) is 0. The summed E-state index contributed by atoms with van der Waals surface area (Å²) in [5.41, 5.74) is 0.354. The molecule has 0 radical (unpaired) electrons. The van der Waals surface area contributed by atoms with Gasteiger partial charge in [-0.2, -0.15) is 0 Å². The normalized spacial score (nSPS) is 43.8. The van der Waals surface area contributed by atoms with Gasteiger partial charge in [-0.1, -0.05) is 20.8 Å². The topological polar surface area (TPSA) is 127 Å². The van der Waals surface area contributed by atoms with Crippen molar-refractivity contribution in [2.24, 2.45) is 46.3 Å². The molecule has 35 heavy (non-hydrogen) atoms. The average Bonchev–Trinajstić information content (AvgIpc) is 3.10. The summed E-state index contributed by atoms with van der Waals surface area (Å²) in [5, 5.41) is 24.0. The summed E-state index contributed by atoms with van der Waals surface area (Å²) in [6.07, 6.45) is 8.75. The van der Waals surface area contributed by atoms with Gasteiger partial charge in [0.25, 0.3) is 0 Å². The SMILES string of the molecule is CC(CCC(=O)NCCS(=O)(=O)[O-])C1CCC2C3CC(O)C4CC(O)CC[C@]4(C)C3CC[C@]12C.[Na+]. The quantitative estimate of drug-likeness (QED) is 0.321. The Morgan fingerprint density at radius 2 is 1.69 bits per heavy atom. The van der Waals surface area contributed by atoms with Gasteiger partial charge in [0.2, 0.25) is 5.91 Å². The van der Waals surface area contributed by atoms with E-state index in [2.05, 4.69) is 26.1 Å². The van der Waals surface area contributed by atoms with Crippen LogP contribution in [0.15, 0.2) is 0 Å². The predicted molar refractivity (Wildman–Crippen MR) is 129 cm³/mol. The van der Waals surface area contributed by atoms with E-state index in [1.165, 1.54) is 19.3 Å². The molecule has 1 amide bonds.